The molecule has 0 aromatic carbocycles. The fraction of sp³-hybridized carbons (Fsp3) is 0.471. The summed E-state index contributed by atoms with van der Waals surface area (Å²) in [7, 11) is 3.39. The summed E-state index contributed by atoms with van der Waals surface area (Å²) in [5, 5.41) is 4.17. The molecule has 0 N–H and O–H groups in total. The third kappa shape index (κ3) is 2.99. The number of amides is 2. The molecule has 0 unspecified atom stereocenters. The summed E-state index contributed by atoms with van der Waals surface area (Å²) >= 11 is 0. The highest BCUT2D eigenvalue weighted by Crippen LogP contribution is 2.39. The van der Waals surface area contributed by atoms with E-state index in [9.17, 15) is 9.59 Å². The van der Waals surface area contributed by atoms with E-state index in [-0.39, 0.29) is 18.4 Å². The molecule has 2 amide bonds. The molecule has 1 saturated heterocycles. The second-order valence-corrected chi connectivity index (χ2v) is 6.51. The molecule has 3 heterocycles. The number of carbonyl (C=O) groups excluding carboxylic acids is 2. The van der Waals surface area contributed by atoms with Gasteiger partial charge in [0.25, 0.3) is 5.91 Å². The number of nitrogens with zero attached hydrogens (tertiary/aromatic N) is 6. The summed E-state index contributed by atoms with van der Waals surface area (Å²) in [5.74, 6) is -0.308. The zero-order chi connectivity index (χ0) is 18.0. The van der Waals surface area contributed by atoms with Crippen molar-refractivity contribution in [1.29, 1.82) is 0 Å². The number of likely N-dealkylation sites (N-methyl/N-ethyl adjacent to an activating group) is 1. The van der Waals surface area contributed by atoms with Crippen molar-refractivity contribution in [3.8, 4) is 0 Å². The first-order chi connectivity index (χ1) is 11.9. The average molecular weight is 342 g/mol. The minimum absolute atomic E-state index is 0.0938. The van der Waals surface area contributed by atoms with Gasteiger partial charge in [-0.25, -0.2) is 0 Å². The quantitative estimate of drug-likeness (QED) is 0.812. The van der Waals surface area contributed by atoms with Gasteiger partial charge in [-0.1, -0.05) is 0 Å². The monoisotopic (exact) mass is 342 g/mol. The average Bonchev–Trinajstić information content (AvgIpc) is 3.22. The Kier molecular flexibility index (Phi) is 4.52. The van der Waals surface area contributed by atoms with Gasteiger partial charge in [0.15, 0.2) is 5.54 Å². The molecule has 2 aromatic heterocycles. The van der Waals surface area contributed by atoms with Crippen molar-refractivity contribution in [2.45, 2.75) is 31.8 Å². The van der Waals surface area contributed by atoms with Crippen molar-refractivity contribution in [3.05, 3.63) is 42.2 Å². The third-order valence-electron chi connectivity index (χ3n) is 4.49. The first-order valence-electron chi connectivity index (χ1n) is 8.23. The molecule has 3 rings (SSSR count). The van der Waals surface area contributed by atoms with E-state index in [0.717, 1.165) is 12.0 Å². The molecular weight excluding hydrogens is 320 g/mol. The van der Waals surface area contributed by atoms with Crippen LogP contribution < -0.4 is 0 Å². The lowest BCUT2D eigenvalue weighted by atomic mass is 9.90. The third-order valence-corrected chi connectivity index (χ3v) is 4.49. The van der Waals surface area contributed by atoms with Crippen LogP contribution in [-0.2, 0) is 21.7 Å². The van der Waals surface area contributed by atoms with Crippen molar-refractivity contribution in [1.82, 2.24) is 29.5 Å². The minimum atomic E-state index is -1.10. The first kappa shape index (κ1) is 17.1. The Morgan fingerprint density at radius 2 is 2.08 bits per heavy atom. The van der Waals surface area contributed by atoms with Crippen LogP contribution in [0.4, 0.5) is 0 Å². The summed E-state index contributed by atoms with van der Waals surface area (Å²) in [6.45, 7) is 2.52. The van der Waals surface area contributed by atoms with Crippen LogP contribution in [-0.4, -0.2) is 62.0 Å². The molecule has 0 spiro atoms. The van der Waals surface area contributed by atoms with Crippen molar-refractivity contribution >= 4 is 11.8 Å². The zero-order valence-corrected chi connectivity index (χ0v) is 14.7. The van der Waals surface area contributed by atoms with Crippen LogP contribution in [0.2, 0.25) is 0 Å². The lowest BCUT2D eigenvalue weighted by Gasteiger charge is -2.38. The van der Waals surface area contributed by atoms with E-state index in [1.165, 1.54) is 4.90 Å². The summed E-state index contributed by atoms with van der Waals surface area (Å²) in [4.78, 5) is 37.7. The van der Waals surface area contributed by atoms with E-state index >= 15 is 0 Å². The van der Waals surface area contributed by atoms with Crippen LogP contribution in [0.5, 0.6) is 0 Å². The van der Waals surface area contributed by atoms with Crippen molar-refractivity contribution < 1.29 is 9.59 Å². The van der Waals surface area contributed by atoms with E-state index < -0.39 is 5.54 Å². The molecule has 25 heavy (non-hydrogen) atoms. The van der Waals surface area contributed by atoms with Gasteiger partial charge in [-0.2, -0.15) is 5.10 Å². The Balaban J connectivity index is 1.98. The number of aryl methyl sites for hydroxylation is 1. The van der Waals surface area contributed by atoms with Gasteiger partial charge in [0.1, 0.15) is 6.54 Å². The molecule has 8 nitrogen and oxygen atoms in total. The van der Waals surface area contributed by atoms with Gasteiger partial charge < -0.3 is 9.80 Å². The topological polar surface area (TPSA) is 84.2 Å². The second kappa shape index (κ2) is 6.62. The van der Waals surface area contributed by atoms with E-state index in [1.54, 1.807) is 48.5 Å². The fourth-order valence-corrected chi connectivity index (χ4v) is 3.41. The Bertz CT molecular complexity index is 772. The van der Waals surface area contributed by atoms with E-state index in [1.807, 2.05) is 13.1 Å². The molecule has 1 aliphatic heterocycles. The SMILES string of the molecule is Cc1cnn(CC(=O)N2CCC[C@]2(C(=O)N(C)C)c2cnccn2)c1. The van der Waals surface area contributed by atoms with Gasteiger partial charge in [-0.15, -0.1) is 0 Å². The van der Waals surface area contributed by atoms with E-state index in [2.05, 4.69) is 15.1 Å². The summed E-state index contributed by atoms with van der Waals surface area (Å²) in [6.07, 6.45) is 9.48. The number of likely N-dealkylation sites (tertiary alicyclic amines) is 1. The summed E-state index contributed by atoms with van der Waals surface area (Å²) in [6, 6.07) is 0. The number of aromatic nitrogens is 4. The van der Waals surface area contributed by atoms with Crippen molar-refractivity contribution in [2.24, 2.45) is 0 Å². The van der Waals surface area contributed by atoms with Crippen LogP contribution in [0, 0.1) is 6.92 Å². The van der Waals surface area contributed by atoms with Gasteiger partial charge in [-0.3, -0.25) is 24.2 Å². The molecule has 1 fully saturated rings. The maximum absolute atomic E-state index is 13.1. The van der Waals surface area contributed by atoms with Gasteiger partial charge >= 0.3 is 0 Å². The molecule has 8 heteroatoms. The van der Waals surface area contributed by atoms with E-state index in [4.69, 9.17) is 0 Å². The molecule has 0 bridgehead atoms. The molecule has 0 saturated carbocycles. The number of hydrogen-bond acceptors (Lipinski definition) is 5. The minimum Gasteiger partial charge on any atom is -0.346 e. The zero-order valence-electron chi connectivity index (χ0n) is 14.7. The standard InChI is InChI=1S/C17H22N6O2/c1-13-9-20-22(11-13)12-15(24)23-8-4-5-17(23,16(25)21(2)3)14-10-18-6-7-19-14/h6-7,9-11H,4-5,8,12H2,1-3H3/t17-/m1/s1. The van der Waals surface area contributed by atoms with Crippen molar-refractivity contribution in [2.75, 3.05) is 20.6 Å². The molecule has 1 atom stereocenters. The molecule has 0 aliphatic carbocycles. The molecule has 1 aliphatic rings. The second-order valence-electron chi connectivity index (χ2n) is 6.51. The predicted octanol–water partition coefficient (Wildman–Crippen LogP) is 0.588. The van der Waals surface area contributed by atoms with Crippen LogP contribution in [0.25, 0.3) is 0 Å². The van der Waals surface area contributed by atoms with E-state index in [0.29, 0.717) is 18.7 Å². The lowest BCUT2D eigenvalue weighted by Crippen LogP contribution is -2.55. The lowest BCUT2D eigenvalue weighted by molar-refractivity contribution is -0.151. The smallest absolute Gasteiger partial charge is 0.254 e. The van der Waals surface area contributed by atoms with Crippen LogP contribution in [0.3, 0.4) is 0 Å². The van der Waals surface area contributed by atoms with Crippen molar-refractivity contribution in [3.63, 3.8) is 0 Å². The largest absolute Gasteiger partial charge is 0.346 e. The Hall–Kier alpha value is -2.77. The summed E-state index contributed by atoms with van der Waals surface area (Å²) < 4.78 is 1.59. The molecule has 0 radical (unpaired) electrons. The van der Waals surface area contributed by atoms with Gasteiger partial charge in [-0.05, 0) is 25.3 Å². The normalized spacial score (nSPS) is 19.9. The first-order valence-corrected chi connectivity index (χ1v) is 8.23. The van der Waals surface area contributed by atoms with Crippen LogP contribution >= 0.6 is 0 Å². The van der Waals surface area contributed by atoms with Gasteiger partial charge in [0, 0.05) is 39.2 Å². The molecule has 132 valence electrons. The van der Waals surface area contributed by atoms with Gasteiger partial charge in [0.05, 0.1) is 18.1 Å². The maximum Gasteiger partial charge on any atom is 0.254 e. The maximum atomic E-state index is 13.1. The fourth-order valence-electron chi connectivity index (χ4n) is 3.41. The Morgan fingerprint density at radius 3 is 2.68 bits per heavy atom. The number of hydrogen-bond donors (Lipinski definition) is 0. The molecular formula is C17H22N6O2. The highest BCUT2D eigenvalue weighted by Gasteiger charge is 2.53. The Morgan fingerprint density at radius 1 is 1.28 bits per heavy atom. The summed E-state index contributed by atoms with van der Waals surface area (Å²) in [5.41, 5.74) is 0.395. The highest BCUT2D eigenvalue weighted by atomic mass is 16.2. The van der Waals surface area contributed by atoms with Crippen LogP contribution in [0.15, 0.2) is 31.0 Å². The molecule has 2 aromatic rings. The number of rotatable bonds is 4. The van der Waals surface area contributed by atoms with Gasteiger partial charge in [0.2, 0.25) is 5.91 Å². The van der Waals surface area contributed by atoms with Crippen LogP contribution in [0.1, 0.15) is 24.1 Å². The predicted molar refractivity (Wildman–Crippen MR) is 90.3 cm³/mol. The highest BCUT2D eigenvalue weighted by molar-refractivity contribution is 5.92. The Labute approximate surface area is 146 Å². The number of carbonyl (C=O) groups is 2.